The van der Waals surface area contributed by atoms with Gasteiger partial charge in [0.15, 0.2) is 17.3 Å². The maximum Gasteiger partial charge on any atom is 0.407 e. The number of amides is 5. The van der Waals surface area contributed by atoms with Gasteiger partial charge in [-0.15, -0.1) is 0 Å². The minimum Gasteiger partial charge on any atom is -0.447 e. The van der Waals surface area contributed by atoms with Gasteiger partial charge >= 0.3 is 6.09 Å². The Balaban J connectivity index is 1.82. The van der Waals surface area contributed by atoms with Gasteiger partial charge in [0, 0.05) is 64.0 Å². The average Bonchev–Trinajstić information content (AvgIpc) is 3.84. The largest absolute Gasteiger partial charge is 0.447 e. The number of hydrogen-bond donors (Lipinski definition) is 5. The highest BCUT2D eigenvalue weighted by molar-refractivity contribution is 7.98. The molecule has 0 aliphatic carbocycles. The second-order valence-electron chi connectivity index (χ2n) is 17.6. The zero-order chi connectivity index (χ0) is 52.0. The van der Waals surface area contributed by atoms with Crippen molar-refractivity contribution in [2.45, 2.75) is 123 Å². The van der Waals surface area contributed by atoms with Gasteiger partial charge in [-0.3, -0.25) is 38.4 Å². The molecule has 0 saturated carbocycles. The lowest BCUT2D eigenvalue weighted by atomic mass is 9.96. The lowest BCUT2D eigenvalue weighted by molar-refractivity contribution is -0.142. The first-order valence-corrected chi connectivity index (χ1v) is 25.5. The lowest BCUT2D eigenvalue weighted by Crippen LogP contribution is -2.52. The summed E-state index contributed by atoms with van der Waals surface area (Å²) < 4.78 is 15.4. The number of oxime groups is 1. The number of Topliss-reactive ketones (excluding diaryl/α,β-unsaturated/α-hetero) is 4. The van der Waals surface area contributed by atoms with Gasteiger partial charge in [-0.25, -0.2) is 4.79 Å². The SMILES string of the molecule is CCC(=O)CNC(=O)[C@H](C)CC(=O)[C@H](CSC)NC(=O)CCC(=O)[C@H](CC(C)C)NC(=O)[C@@H]1CCCN1C(=O)COCCCC(=O)[C@H](Cc1ccc(/C(C)=N/OCCNC(=O)OCCOC)cc1)NC. The number of thioether (sulfide) groups is 1. The summed E-state index contributed by atoms with van der Waals surface area (Å²) in [7, 11) is 3.24. The minimum absolute atomic E-state index is 0.00696. The van der Waals surface area contributed by atoms with Crippen molar-refractivity contribution in [2.75, 3.05) is 78.8 Å². The van der Waals surface area contributed by atoms with Crippen LogP contribution >= 0.6 is 11.8 Å². The molecule has 2 rings (SSSR count). The van der Waals surface area contributed by atoms with E-state index >= 15 is 0 Å². The Hall–Kier alpha value is -5.25. The standard InChI is InChI=1S/C49H77N7O13S/c1-9-37(57)29-52-47(63)33(4)27-44(60)40(31-70-8)53-45(61)19-18-43(59)39(26-32(2)3)54-48(64)41-12-10-21-56(41)46(62)30-67-22-11-13-42(58)38(50-6)28-35-14-16-36(17-15-35)34(5)55-69-23-20-51-49(65)68-25-24-66-7/h14-17,32-33,38-41,50H,9-13,18-31H2,1-8H3,(H,51,65)(H,52,63)(H,53,61)(H,54,64)/b55-34+/t33-,38+,39+,40+,41+/m1/s1. The van der Waals surface area contributed by atoms with Crippen molar-refractivity contribution in [2.24, 2.45) is 17.0 Å². The predicted molar refractivity (Wildman–Crippen MR) is 265 cm³/mol. The molecule has 0 radical (unpaired) electrons. The van der Waals surface area contributed by atoms with E-state index < -0.39 is 53.9 Å². The van der Waals surface area contributed by atoms with E-state index in [1.54, 1.807) is 34.1 Å². The quantitative estimate of drug-likeness (QED) is 0.0368. The van der Waals surface area contributed by atoms with E-state index in [0.717, 1.165) is 11.1 Å². The molecule has 0 unspecified atom stereocenters. The van der Waals surface area contributed by atoms with E-state index in [2.05, 4.69) is 31.7 Å². The molecule has 392 valence electrons. The summed E-state index contributed by atoms with van der Waals surface area (Å²) in [6.45, 7) is 9.83. The normalized spacial score (nSPS) is 15.3. The van der Waals surface area contributed by atoms with E-state index in [1.807, 2.05) is 38.1 Å². The molecule has 1 heterocycles. The minimum atomic E-state index is -0.897. The zero-order valence-corrected chi connectivity index (χ0v) is 43.1. The molecule has 1 aromatic rings. The maximum absolute atomic E-state index is 13.6. The molecule has 1 aliphatic heterocycles. The number of nitrogens with one attached hydrogen (secondary N) is 5. The third-order valence-corrected chi connectivity index (χ3v) is 12.1. The molecule has 5 atom stereocenters. The third kappa shape index (κ3) is 23.6. The van der Waals surface area contributed by atoms with Gasteiger partial charge in [-0.2, -0.15) is 11.8 Å². The zero-order valence-electron chi connectivity index (χ0n) is 42.3. The molecule has 21 heteroatoms. The predicted octanol–water partition coefficient (Wildman–Crippen LogP) is 2.71. The Bertz CT molecular complexity index is 1900. The van der Waals surface area contributed by atoms with Crippen LogP contribution < -0.4 is 26.6 Å². The summed E-state index contributed by atoms with van der Waals surface area (Å²) >= 11 is 1.34. The highest BCUT2D eigenvalue weighted by Crippen LogP contribution is 2.20. The van der Waals surface area contributed by atoms with Gasteiger partial charge in [-0.1, -0.05) is 57.1 Å². The first-order valence-electron chi connectivity index (χ1n) is 24.1. The number of ketones is 4. The lowest BCUT2D eigenvalue weighted by Gasteiger charge is -2.27. The third-order valence-electron chi connectivity index (χ3n) is 11.4. The van der Waals surface area contributed by atoms with Gasteiger partial charge in [0.1, 0.15) is 31.6 Å². The van der Waals surface area contributed by atoms with Gasteiger partial charge in [0.05, 0.1) is 43.5 Å². The van der Waals surface area contributed by atoms with Crippen molar-refractivity contribution in [1.82, 2.24) is 31.5 Å². The first-order chi connectivity index (χ1) is 33.4. The van der Waals surface area contributed by atoms with Crippen molar-refractivity contribution in [3.63, 3.8) is 0 Å². The molecule has 5 N–H and O–H groups in total. The van der Waals surface area contributed by atoms with Crippen LogP contribution in [0.5, 0.6) is 0 Å². The van der Waals surface area contributed by atoms with Crippen molar-refractivity contribution in [1.29, 1.82) is 0 Å². The molecule has 70 heavy (non-hydrogen) atoms. The van der Waals surface area contributed by atoms with Gasteiger partial charge in [0.2, 0.25) is 23.6 Å². The van der Waals surface area contributed by atoms with Crippen molar-refractivity contribution < 1.29 is 62.2 Å². The van der Waals surface area contributed by atoms with Crippen LogP contribution in [0.3, 0.4) is 0 Å². The molecule has 0 aromatic heterocycles. The second-order valence-corrected chi connectivity index (χ2v) is 18.5. The fraction of sp³-hybridized carbons (Fsp3) is 0.673. The van der Waals surface area contributed by atoms with Crippen LogP contribution in [0.2, 0.25) is 0 Å². The Morgan fingerprint density at radius 3 is 2.23 bits per heavy atom. The van der Waals surface area contributed by atoms with E-state index in [4.69, 9.17) is 19.0 Å². The highest BCUT2D eigenvalue weighted by Gasteiger charge is 2.36. The number of benzene rings is 1. The Morgan fingerprint density at radius 2 is 1.57 bits per heavy atom. The number of carbonyl (C=O) groups is 9. The van der Waals surface area contributed by atoms with E-state index in [0.29, 0.717) is 51.0 Å². The van der Waals surface area contributed by atoms with Gasteiger partial charge in [0.25, 0.3) is 0 Å². The van der Waals surface area contributed by atoms with Gasteiger partial charge in [-0.05, 0) is 69.4 Å². The molecular weight excluding hydrogens is 927 g/mol. The molecule has 5 amide bonds. The number of carbonyl (C=O) groups excluding carboxylic acids is 9. The number of methoxy groups -OCH3 is 1. The van der Waals surface area contributed by atoms with E-state index in [1.165, 1.54) is 23.8 Å². The van der Waals surface area contributed by atoms with Crippen LogP contribution in [0.25, 0.3) is 0 Å². The molecule has 0 spiro atoms. The van der Waals surface area contributed by atoms with Crippen LogP contribution in [0, 0.1) is 11.8 Å². The number of likely N-dealkylation sites (tertiary alicyclic amines) is 1. The van der Waals surface area contributed by atoms with E-state index in [9.17, 15) is 43.2 Å². The fourth-order valence-corrected chi connectivity index (χ4v) is 7.95. The Morgan fingerprint density at radius 1 is 0.857 bits per heavy atom. The summed E-state index contributed by atoms with van der Waals surface area (Å²) in [4.78, 5) is 122. The molecule has 0 bridgehead atoms. The topological polar surface area (TPSA) is 266 Å². The highest BCUT2D eigenvalue weighted by atomic mass is 32.2. The average molecular weight is 1000 g/mol. The molecular formula is C49H77N7O13S. The number of ether oxygens (including phenoxy) is 3. The summed E-state index contributed by atoms with van der Waals surface area (Å²) in [5.41, 5.74) is 2.41. The number of alkyl carbamates (subject to hydrolysis) is 1. The monoisotopic (exact) mass is 1000 g/mol. The van der Waals surface area contributed by atoms with E-state index in [-0.39, 0.29) is 112 Å². The Kier molecular flexibility index (Phi) is 29.7. The van der Waals surface area contributed by atoms with Gasteiger partial charge < -0.3 is 50.5 Å². The van der Waals surface area contributed by atoms with Crippen molar-refractivity contribution in [3.05, 3.63) is 35.4 Å². The number of rotatable bonds is 36. The van der Waals surface area contributed by atoms with Crippen LogP contribution in [-0.2, 0) is 63.8 Å². The van der Waals surface area contributed by atoms with Crippen LogP contribution in [0.15, 0.2) is 29.4 Å². The molecule has 1 saturated heterocycles. The number of hydrogen-bond acceptors (Lipinski definition) is 16. The number of nitrogens with zero attached hydrogens (tertiary/aromatic N) is 2. The first kappa shape index (κ1) is 60.9. The second kappa shape index (κ2) is 34.1. The van der Waals surface area contributed by atoms with Crippen LogP contribution in [-0.4, -0.2) is 166 Å². The maximum atomic E-state index is 13.6. The van der Waals surface area contributed by atoms with Crippen LogP contribution in [0.1, 0.15) is 104 Å². The summed E-state index contributed by atoms with van der Waals surface area (Å²) in [5.74, 6) is -3.05. The molecule has 20 nitrogen and oxygen atoms in total. The summed E-state index contributed by atoms with van der Waals surface area (Å²) in [5, 5.41) is 17.8. The fourth-order valence-electron chi connectivity index (χ4n) is 7.35. The Labute approximate surface area is 417 Å². The van der Waals surface area contributed by atoms with Crippen molar-refractivity contribution in [3.8, 4) is 0 Å². The molecule has 1 aromatic carbocycles. The molecule has 1 aliphatic rings. The number of likely N-dealkylation sites (N-methyl/N-ethyl adjacent to an activating group) is 1. The molecule has 1 fully saturated rings. The van der Waals surface area contributed by atoms with Crippen LogP contribution in [0.4, 0.5) is 4.79 Å². The van der Waals surface area contributed by atoms with Crippen molar-refractivity contribution >= 4 is 70.3 Å². The summed E-state index contributed by atoms with van der Waals surface area (Å²) in [6.07, 6.45) is 3.33. The summed E-state index contributed by atoms with van der Waals surface area (Å²) in [6, 6.07) is 4.59. The smallest absolute Gasteiger partial charge is 0.407 e.